The lowest BCUT2D eigenvalue weighted by Crippen LogP contribution is -2.37. The lowest BCUT2D eigenvalue weighted by atomic mass is 9.89. The standard InChI is InChI=1S/C19H18O3/c1-12(2)13-7-9-14(10-8-13)18-19(22-18)11-21-16-6-4-3-5-15(16)17(19)20/h3-10,12,18H,11H2,1-2H3. The van der Waals surface area contributed by atoms with E-state index in [1.807, 2.05) is 18.2 Å². The van der Waals surface area contributed by atoms with E-state index in [0.717, 1.165) is 5.56 Å². The smallest absolute Gasteiger partial charge is 0.205 e. The summed E-state index contributed by atoms with van der Waals surface area (Å²) in [6.45, 7) is 4.62. The third-order valence-corrected chi connectivity index (χ3v) is 4.56. The van der Waals surface area contributed by atoms with Crippen LogP contribution in [0, 0.1) is 0 Å². The van der Waals surface area contributed by atoms with Crippen molar-refractivity contribution in [2.24, 2.45) is 0 Å². The average Bonchev–Trinajstić information content (AvgIpc) is 3.27. The second kappa shape index (κ2) is 4.68. The Bertz CT molecular complexity index is 733. The quantitative estimate of drug-likeness (QED) is 0.789. The van der Waals surface area contributed by atoms with E-state index in [2.05, 4.69) is 38.1 Å². The van der Waals surface area contributed by atoms with Crippen molar-refractivity contribution >= 4 is 5.78 Å². The number of hydrogen-bond donors (Lipinski definition) is 0. The van der Waals surface area contributed by atoms with Crippen molar-refractivity contribution < 1.29 is 14.3 Å². The van der Waals surface area contributed by atoms with Crippen molar-refractivity contribution in [3.05, 3.63) is 65.2 Å². The molecule has 2 aliphatic heterocycles. The average molecular weight is 294 g/mol. The highest BCUT2D eigenvalue weighted by atomic mass is 16.6. The molecule has 0 radical (unpaired) electrons. The zero-order chi connectivity index (χ0) is 15.3. The fraction of sp³-hybridized carbons (Fsp3) is 0.316. The fourth-order valence-electron chi connectivity index (χ4n) is 3.11. The molecule has 0 amide bonds. The van der Waals surface area contributed by atoms with Gasteiger partial charge in [0.25, 0.3) is 0 Å². The molecule has 2 heterocycles. The Labute approximate surface area is 129 Å². The Kier molecular flexibility index (Phi) is 2.88. The van der Waals surface area contributed by atoms with Crippen molar-refractivity contribution in [1.29, 1.82) is 0 Å². The van der Waals surface area contributed by atoms with Gasteiger partial charge in [-0.2, -0.15) is 0 Å². The van der Waals surface area contributed by atoms with Crippen LogP contribution in [0.25, 0.3) is 0 Å². The molecule has 0 aliphatic carbocycles. The number of carbonyl (C=O) groups excluding carboxylic acids is 1. The SMILES string of the molecule is CC(C)c1ccc(C2OC23COc2ccccc2C3=O)cc1. The van der Waals surface area contributed by atoms with Crippen molar-refractivity contribution in [2.75, 3.05) is 6.61 Å². The molecule has 4 rings (SSSR count). The molecule has 1 fully saturated rings. The number of ketones is 1. The molecule has 3 nitrogen and oxygen atoms in total. The van der Waals surface area contributed by atoms with Crippen molar-refractivity contribution in [3.63, 3.8) is 0 Å². The second-order valence-corrected chi connectivity index (χ2v) is 6.32. The molecule has 2 atom stereocenters. The van der Waals surface area contributed by atoms with Crippen LogP contribution in [-0.4, -0.2) is 18.0 Å². The summed E-state index contributed by atoms with van der Waals surface area (Å²) in [6.07, 6.45) is -0.199. The van der Waals surface area contributed by atoms with E-state index < -0.39 is 5.60 Å². The van der Waals surface area contributed by atoms with Gasteiger partial charge < -0.3 is 9.47 Å². The van der Waals surface area contributed by atoms with Crippen molar-refractivity contribution in [2.45, 2.75) is 31.5 Å². The molecule has 2 aliphatic rings. The zero-order valence-electron chi connectivity index (χ0n) is 12.7. The summed E-state index contributed by atoms with van der Waals surface area (Å²) in [5, 5.41) is 0. The molecule has 3 heteroatoms. The van der Waals surface area contributed by atoms with Crippen molar-refractivity contribution in [3.8, 4) is 5.75 Å². The van der Waals surface area contributed by atoms with E-state index in [9.17, 15) is 4.79 Å². The van der Waals surface area contributed by atoms with Crippen LogP contribution >= 0.6 is 0 Å². The highest BCUT2D eigenvalue weighted by molar-refractivity contribution is 6.07. The van der Waals surface area contributed by atoms with Crippen molar-refractivity contribution in [1.82, 2.24) is 0 Å². The predicted molar refractivity (Wildman–Crippen MR) is 83.4 cm³/mol. The van der Waals surface area contributed by atoms with Gasteiger partial charge in [0.15, 0.2) is 5.60 Å². The molecule has 1 saturated heterocycles. The van der Waals surface area contributed by atoms with Crippen LogP contribution in [0.5, 0.6) is 5.75 Å². The van der Waals surface area contributed by atoms with Crippen LogP contribution in [0.1, 0.15) is 47.4 Å². The first-order valence-electron chi connectivity index (χ1n) is 7.66. The van der Waals surface area contributed by atoms with E-state index in [1.54, 1.807) is 6.07 Å². The zero-order valence-corrected chi connectivity index (χ0v) is 12.7. The van der Waals surface area contributed by atoms with Crippen LogP contribution in [-0.2, 0) is 4.74 Å². The predicted octanol–water partition coefficient (Wildman–Crippen LogP) is 3.90. The van der Waals surface area contributed by atoms with Gasteiger partial charge in [0, 0.05) is 0 Å². The van der Waals surface area contributed by atoms with E-state index >= 15 is 0 Å². The molecule has 2 aromatic carbocycles. The largest absolute Gasteiger partial charge is 0.489 e. The number of ether oxygens (including phenoxy) is 2. The maximum atomic E-state index is 12.8. The van der Waals surface area contributed by atoms with Gasteiger partial charge in [-0.15, -0.1) is 0 Å². The second-order valence-electron chi connectivity index (χ2n) is 6.32. The van der Waals surface area contributed by atoms with Gasteiger partial charge in [-0.3, -0.25) is 4.79 Å². The minimum Gasteiger partial charge on any atom is -0.489 e. The Morgan fingerprint density at radius 2 is 1.82 bits per heavy atom. The number of carbonyl (C=O) groups is 1. The number of fused-ring (bicyclic) bond motifs is 1. The number of benzene rings is 2. The highest BCUT2D eigenvalue weighted by Crippen LogP contribution is 2.54. The molecule has 0 saturated carbocycles. The summed E-state index contributed by atoms with van der Waals surface area (Å²) in [5.41, 5.74) is 2.12. The lowest BCUT2D eigenvalue weighted by Gasteiger charge is -2.21. The van der Waals surface area contributed by atoms with Crippen LogP contribution in [0.15, 0.2) is 48.5 Å². The molecule has 0 bridgehead atoms. The van der Waals surface area contributed by atoms with Gasteiger partial charge >= 0.3 is 0 Å². The minimum absolute atomic E-state index is 0.0345. The third kappa shape index (κ3) is 1.89. The first-order chi connectivity index (χ1) is 10.6. The van der Waals surface area contributed by atoms with Gasteiger partial charge in [-0.05, 0) is 29.2 Å². The summed E-state index contributed by atoms with van der Waals surface area (Å²) in [6, 6.07) is 15.7. The molecule has 1 spiro atoms. The number of hydrogen-bond acceptors (Lipinski definition) is 3. The molecular formula is C19H18O3. The van der Waals surface area contributed by atoms with Crippen LogP contribution in [0.4, 0.5) is 0 Å². The maximum absolute atomic E-state index is 12.8. The van der Waals surface area contributed by atoms with Gasteiger partial charge in [-0.25, -0.2) is 0 Å². The van der Waals surface area contributed by atoms with E-state index in [0.29, 0.717) is 23.8 Å². The van der Waals surface area contributed by atoms with Gasteiger partial charge in [-0.1, -0.05) is 50.2 Å². The monoisotopic (exact) mass is 294 g/mol. The molecular weight excluding hydrogens is 276 g/mol. The van der Waals surface area contributed by atoms with Crippen LogP contribution in [0.2, 0.25) is 0 Å². The molecule has 0 aromatic heterocycles. The summed E-state index contributed by atoms with van der Waals surface area (Å²) in [4.78, 5) is 12.8. The third-order valence-electron chi connectivity index (χ3n) is 4.56. The van der Waals surface area contributed by atoms with Crippen LogP contribution in [0.3, 0.4) is 0 Å². The summed E-state index contributed by atoms with van der Waals surface area (Å²) in [7, 11) is 0. The maximum Gasteiger partial charge on any atom is 0.205 e. The first-order valence-corrected chi connectivity index (χ1v) is 7.66. The molecule has 112 valence electrons. The summed E-state index contributed by atoms with van der Waals surface area (Å²) in [5.74, 6) is 1.18. The number of para-hydroxylation sites is 1. The number of epoxide rings is 1. The highest BCUT2D eigenvalue weighted by Gasteiger charge is 2.65. The summed E-state index contributed by atoms with van der Waals surface area (Å²) < 4.78 is 11.6. The Morgan fingerprint density at radius 1 is 1.09 bits per heavy atom. The van der Waals surface area contributed by atoms with E-state index in [4.69, 9.17) is 9.47 Å². The number of rotatable bonds is 2. The van der Waals surface area contributed by atoms with Gasteiger partial charge in [0.2, 0.25) is 5.78 Å². The molecule has 0 N–H and O–H groups in total. The van der Waals surface area contributed by atoms with E-state index in [-0.39, 0.29) is 11.9 Å². The topological polar surface area (TPSA) is 38.8 Å². The Morgan fingerprint density at radius 3 is 2.55 bits per heavy atom. The lowest BCUT2D eigenvalue weighted by molar-refractivity contribution is 0.0755. The molecule has 2 aromatic rings. The Hall–Kier alpha value is -2.13. The summed E-state index contributed by atoms with van der Waals surface area (Å²) >= 11 is 0. The minimum atomic E-state index is -0.826. The van der Waals surface area contributed by atoms with Gasteiger partial charge in [0.05, 0.1) is 5.56 Å². The fourth-order valence-corrected chi connectivity index (χ4v) is 3.11. The Balaban J connectivity index is 1.62. The molecule has 22 heavy (non-hydrogen) atoms. The van der Waals surface area contributed by atoms with Crippen LogP contribution < -0.4 is 4.74 Å². The van der Waals surface area contributed by atoms with Gasteiger partial charge in [0.1, 0.15) is 18.5 Å². The normalized spacial score (nSPS) is 26.0. The molecule has 2 unspecified atom stereocenters. The first kappa shape index (κ1) is 13.5. The number of Topliss-reactive ketones (excluding diaryl/α,β-unsaturated/α-hetero) is 1. The van der Waals surface area contributed by atoms with E-state index in [1.165, 1.54) is 5.56 Å².